The maximum atomic E-state index is 6.37. The lowest BCUT2D eigenvalue weighted by molar-refractivity contribution is 0.299. The molecule has 1 aromatic carbocycles. The van der Waals surface area contributed by atoms with Gasteiger partial charge in [0.15, 0.2) is 11.5 Å². The Balaban J connectivity index is 1.96. The predicted octanol–water partition coefficient (Wildman–Crippen LogP) is 2.83. The number of nitrogens with two attached hydrogens (primary N) is 1. The molecule has 21 heavy (non-hydrogen) atoms. The molecule has 4 nitrogen and oxygen atoms in total. The molecule has 0 saturated carbocycles. The van der Waals surface area contributed by atoms with Crippen molar-refractivity contribution in [2.75, 3.05) is 33.9 Å². The molecule has 1 heterocycles. The third-order valence-corrected chi connectivity index (χ3v) is 4.36. The monoisotopic (exact) mass is 292 g/mol. The Morgan fingerprint density at radius 1 is 1.29 bits per heavy atom. The summed E-state index contributed by atoms with van der Waals surface area (Å²) in [5.41, 5.74) is 7.47. The first kappa shape index (κ1) is 16.1. The van der Waals surface area contributed by atoms with E-state index in [1.165, 1.54) is 32.4 Å². The van der Waals surface area contributed by atoms with Gasteiger partial charge in [-0.1, -0.05) is 19.4 Å². The molecule has 4 heteroatoms. The van der Waals surface area contributed by atoms with E-state index in [-0.39, 0.29) is 6.04 Å². The molecule has 0 aliphatic carbocycles. The highest BCUT2D eigenvalue weighted by atomic mass is 16.5. The van der Waals surface area contributed by atoms with Crippen molar-refractivity contribution in [2.45, 2.75) is 32.2 Å². The van der Waals surface area contributed by atoms with E-state index in [2.05, 4.69) is 11.8 Å². The molecule has 1 fully saturated rings. The largest absolute Gasteiger partial charge is 0.493 e. The second kappa shape index (κ2) is 7.66. The molecule has 0 amide bonds. The van der Waals surface area contributed by atoms with Crippen LogP contribution in [0.25, 0.3) is 0 Å². The van der Waals surface area contributed by atoms with Crippen LogP contribution in [0.2, 0.25) is 0 Å². The van der Waals surface area contributed by atoms with Crippen molar-refractivity contribution in [3.63, 3.8) is 0 Å². The maximum absolute atomic E-state index is 6.37. The van der Waals surface area contributed by atoms with Gasteiger partial charge in [0.1, 0.15) is 0 Å². The van der Waals surface area contributed by atoms with E-state index in [1.807, 2.05) is 18.2 Å². The first-order valence-corrected chi connectivity index (χ1v) is 7.87. The van der Waals surface area contributed by atoms with Crippen LogP contribution in [0.15, 0.2) is 18.2 Å². The molecule has 1 aromatic rings. The van der Waals surface area contributed by atoms with Gasteiger partial charge in [-0.15, -0.1) is 0 Å². The number of hydrogen-bond donors (Lipinski definition) is 1. The van der Waals surface area contributed by atoms with Crippen LogP contribution >= 0.6 is 0 Å². The normalized spacial score (nSPS) is 20.5. The second-order valence-corrected chi connectivity index (χ2v) is 5.92. The van der Waals surface area contributed by atoms with Crippen molar-refractivity contribution in [1.82, 2.24) is 4.90 Å². The van der Waals surface area contributed by atoms with Gasteiger partial charge in [0, 0.05) is 19.1 Å². The van der Waals surface area contributed by atoms with Crippen LogP contribution in [-0.4, -0.2) is 38.8 Å². The van der Waals surface area contributed by atoms with Gasteiger partial charge in [0.05, 0.1) is 14.2 Å². The summed E-state index contributed by atoms with van der Waals surface area (Å²) in [5.74, 6) is 2.35. The molecule has 118 valence electrons. The average molecular weight is 292 g/mol. The molecular formula is C17H28N2O2. The molecule has 1 saturated heterocycles. The number of ether oxygens (including phenoxy) is 2. The van der Waals surface area contributed by atoms with Gasteiger partial charge in [-0.2, -0.15) is 0 Å². The fourth-order valence-electron chi connectivity index (χ4n) is 3.19. The Labute approximate surface area is 128 Å². The number of methoxy groups -OCH3 is 2. The lowest BCUT2D eigenvalue weighted by Crippen LogP contribution is -2.30. The van der Waals surface area contributed by atoms with Crippen molar-refractivity contribution >= 4 is 0 Å². The molecule has 2 N–H and O–H groups in total. The Morgan fingerprint density at radius 2 is 2.05 bits per heavy atom. The van der Waals surface area contributed by atoms with Gasteiger partial charge in [-0.3, -0.25) is 0 Å². The summed E-state index contributed by atoms with van der Waals surface area (Å²) >= 11 is 0. The number of likely N-dealkylation sites (tertiary alicyclic amines) is 1. The van der Waals surface area contributed by atoms with Gasteiger partial charge in [0.2, 0.25) is 0 Å². The zero-order valence-electron chi connectivity index (χ0n) is 13.5. The van der Waals surface area contributed by atoms with Crippen molar-refractivity contribution in [1.29, 1.82) is 0 Å². The Morgan fingerprint density at radius 3 is 2.71 bits per heavy atom. The minimum absolute atomic E-state index is 0.0187. The van der Waals surface area contributed by atoms with E-state index in [0.717, 1.165) is 29.5 Å². The molecule has 2 unspecified atom stereocenters. The Kier molecular flexibility index (Phi) is 5.88. The quantitative estimate of drug-likeness (QED) is 0.839. The zero-order valence-corrected chi connectivity index (χ0v) is 13.5. The van der Waals surface area contributed by atoms with E-state index >= 15 is 0 Å². The summed E-state index contributed by atoms with van der Waals surface area (Å²) in [5, 5.41) is 0. The van der Waals surface area contributed by atoms with E-state index in [0.29, 0.717) is 0 Å². The van der Waals surface area contributed by atoms with Crippen LogP contribution in [0.1, 0.15) is 37.8 Å². The number of benzene rings is 1. The van der Waals surface area contributed by atoms with Crippen LogP contribution < -0.4 is 15.2 Å². The van der Waals surface area contributed by atoms with Gasteiger partial charge in [-0.05, 0) is 43.0 Å². The third-order valence-electron chi connectivity index (χ3n) is 4.36. The van der Waals surface area contributed by atoms with E-state index in [4.69, 9.17) is 15.2 Å². The highest BCUT2D eigenvalue weighted by Gasteiger charge is 2.23. The van der Waals surface area contributed by atoms with Crippen LogP contribution in [0.4, 0.5) is 0 Å². The SMILES string of the molecule is CCCC1CCN(CC(N)c2ccc(OC)c(OC)c2)C1. The van der Waals surface area contributed by atoms with Crippen LogP contribution in [0.5, 0.6) is 11.5 Å². The standard InChI is InChI=1S/C17H28N2O2/c1-4-5-13-8-9-19(11-13)12-15(18)14-6-7-16(20-2)17(10-14)21-3/h6-7,10,13,15H,4-5,8-9,11-12,18H2,1-3H3. The summed E-state index contributed by atoms with van der Waals surface area (Å²) in [6.07, 6.45) is 3.93. The molecule has 0 radical (unpaired) electrons. The fourth-order valence-corrected chi connectivity index (χ4v) is 3.19. The Hall–Kier alpha value is -1.26. The highest BCUT2D eigenvalue weighted by Crippen LogP contribution is 2.30. The average Bonchev–Trinajstić information content (AvgIpc) is 2.94. The second-order valence-electron chi connectivity index (χ2n) is 5.92. The molecule has 0 aromatic heterocycles. The summed E-state index contributed by atoms with van der Waals surface area (Å²) in [6, 6.07) is 5.97. The first-order chi connectivity index (χ1) is 10.2. The summed E-state index contributed by atoms with van der Waals surface area (Å²) in [6.45, 7) is 5.54. The van der Waals surface area contributed by atoms with Gasteiger partial charge in [0.25, 0.3) is 0 Å². The van der Waals surface area contributed by atoms with Crippen LogP contribution in [0, 0.1) is 5.92 Å². The lowest BCUT2D eigenvalue weighted by Gasteiger charge is -2.22. The van der Waals surface area contributed by atoms with Gasteiger partial charge in [-0.25, -0.2) is 0 Å². The fraction of sp³-hybridized carbons (Fsp3) is 0.647. The van der Waals surface area contributed by atoms with Gasteiger partial charge >= 0.3 is 0 Å². The molecule has 2 rings (SSSR count). The maximum Gasteiger partial charge on any atom is 0.161 e. The topological polar surface area (TPSA) is 47.7 Å². The predicted molar refractivity (Wildman–Crippen MR) is 85.9 cm³/mol. The number of hydrogen-bond acceptors (Lipinski definition) is 4. The smallest absolute Gasteiger partial charge is 0.161 e. The van der Waals surface area contributed by atoms with Crippen molar-refractivity contribution in [3.8, 4) is 11.5 Å². The molecule has 1 aliphatic heterocycles. The molecule has 1 aliphatic rings. The zero-order chi connectivity index (χ0) is 15.2. The minimum atomic E-state index is 0.0187. The summed E-state index contributed by atoms with van der Waals surface area (Å²) < 4.78 is 10.6. The van der Waals surface area contributed by atoms with E-state index in [1.54, 1.807) is 14.2 Å². The van der Waals surface area contributed by atoms with Crippen molar-refractivity contribution in [2.24, 2.45) is 11.7 Å². The summed E-state index contributed by atoms with van der Waals surface area (Å²) in [4.78, 5) is 2.49. The van der Waals surface area contributed by atoms with E-state index < -0.39 is 0 Å². The third kappa shape index (κ3) is 4.11. The number of nitrogens with zero attached hydrogens (tertiary/aromatic N) is 1. The van der Waals surface area contributed by atoms with Gasteiger partial charge < -0.3 is 20.1 Å². The lowest BCUT2D eigenvalue weighted by atomic mass is 10.0. The summed E-state index contributed by atoms with van der Waals surface area (Å²) in [7, 11) is 3.30. The van der Waals surface area contributed by atoms with Crippen LogP contribution in [-0.2, 0) is 0 Å². The first-order valence-electron chi connectivity index (χ1n) is 7.87. The molecule has 2 atom stereocenters. The minimum Gasteiger partial charge on any atom is -0.493 e. The number of rotatable bonds is 7. The van der Waals surface area contributed by atoms with E-state index in [9.17, 15) is 0 Å². The molecule has 0 bridgehead atoms. The van der Waals surface area contributed by atoms with Crippen molar-refractivity contribution in [3.05, 3.63) is 23.8 Å². The van der Waals surface area contributed by atoms with Crippen molar-refractivity contribution < 1.29 is 9.47 Å². The van der Waals surface area contributed by atoms with Crippen LogP contribution in [0.3, 0.4) is 0 Å². The Bertz CT molecular complexity index is 450. The molecule has 0 spiro atoms. The molecular weight excluding hydrogens is 264 g/mol. The highest BCUT2D eigenvalue weighted by molar-refractivity contribution is 5.43.